The summed E-state index contributed by atoms with van der Waals surface area (Å²) in [5, 5.41) is 2.29. The summed E-state index contributed by atoms with van der Waals surface area (Å²) in [6, 6.07) is 11.6. The Morgan fingerprint density at radius 1 is 0.793 bits per heavy atom. The lowest BCUT2D eigenvalue weighted by molar-refractivity contribution is 0.102. The minimum Gasteiger partial charge on any atom is -0.317 e. The lowest BCUT2D eigenvalue weighted by Gasteiger charge is -2.12. The topological polar surface area (TPSA) is 80.7 Å². The quantitative estimate of drug-likeness (QED) is 0.568. The average molecular weight is 389 g/mol. The molecule has 0 atom stereocenters. The number of aromatic nitrogens is 4. The first-order chi connectivity index (χ1) is 14.1. The van der Waals surface area contributed by atoms with Crippen LogP contribution in [0.1, 0.15) is 10.4 Å². The maximum atomic E-state index is 13.9. The fraction of sp³-hybridized carbons (Fsp3) is 0. The second-order valence-corrected chi connectivity index (χ2v) is 6.00. The van der Waals surface area contributed by atoms with E-state index in [1.54, 1.807) is 42.7 Å². The molecule has 0 aliphatic heterocycles. The highest BCUT2D eigenvalue weighted by Gasteiger charge is 2.17. The number of nitrogens with zero attached hydrogens (tertiary/aromatic N) is 4. The number of anilines is 1. The lowest BCUT2D eigenvalue weighted by atomic mass is 9.98. The van der Waals surface area contributed by atoms with Crippen LogP contribution in [0.2, 0.25) is 0 Å². The number of carbonyl (C=O) groups excluding carboxylic acids is 1. The Morgan fingerprint density at radius 3 is 2.00 bits per heavy atom. The molecule has 2 aromatic heterocycles. The normalized spacial score (nSPS) is 10.6. The highest BCUT2D eigenvalue weighted by molar-refractivity contribution is 6.05. The van der Waals surface area contributed by atoms with Crippen LogP contribution in [0.4, 0.5) is 14.5 Å². The van der Waals surface area contributed by atoms with E-state index in [1.165, 1.54) is 18.7 Å². The molecule has 2 aromatic carbocycles. The van der Waals surface area contributed by atoms with E-state index in [0.717, 1.165) is 17.7 Å². The van der Waals surface area contributed by atoms with Crippen LogP contribution >= 0.6 is 0 Å². The summed E-state index contributed by atoms with van der Waals surface area (Å²) in [4.78, 5) is 29.0. The number of hydrogen-bond donors (Lipinski definition) is 1. The van der Waals surface area contributed by atoms with Crippen molar-refractivity contribution < 1.29 is 13.6 Å². The Hall–Kier alpha value is -4.07. The molecule has 0 aliphatic rings. The van der Waals surface area contributed by atoms with Gasteiger partial charge in [0.05, 0.1) is 11.4 Å². The molecule has 0 saturated heterocycles. The fourth-order valence-corrected chi connectivity index (χ4v) is 2.82. The summed E-state index contributed by atoms with van der Waals surface area (Å²) in [6.07, 6.45) is 5.99. The smallest absolute Gasteiger partial charge is 0.255 e. The highest BCUT2D eigenvalue weighted by Crippen LogP contribution is 2.31. The van der Waals surface area contributed by atoms with E-state index in [2.05, 4.69) is 25.3 Å². The Labute approximate surface area is 164 Å². The largest absolute Gasteiger partial charge is 0.317 e. The summed E-state index contributed by atoms with van der Waals surface area (Å²) < 4.78 is 27.7. The number of halogens is 2. The van der Waals surface area contributed by atoms with Crippen LogP contribution in [0.3, 0.4) is 0 Å². The third-order valence-electron chi connectivity index (χ3n) is 4.20. The van der Waals surface area contributed by atoms with Crippen molar-refractivity contribution in [2.75, 3.05) is 5.32 Å². The van der Waals surface area contributed by atoms with Crippen LogP contribution in [-0.4, -0.2) is 25.8 Å². The molecule has 0 saturated carbocycles. The molecule has 2 heterocycles. The van der Waals surface area contributed by atoms with Gasteiger partial charge in [-0.25, -0.2) is 28.7 Å². The molecule has 0 radical (unpaired) electrons. The van der Waals surface area contributed by atoms with Crippen molar-refractivity contribution >= 4 is 11.6 Å². The highest BCUT2D eigenvalue weighted by atomic mass is 19.1. The van der Waals surface area contributed by atoms with Crippen LogP contribution in [0.25, 0.3) is 22.5 Å². The lowest BCUT2D eigenvalue weighted by Crippen LogP contribution is -2.14. The third kappa shape index (κ3) is 3.81. The van der Waals surface area contributed by atoms with Crippen LogP contribution < -0.4 is 5.32 Å². The van der Waals surface area contributed by atoms with Crippen molar-refractivity contribution in [3.63, 3.8) is 0 Å². The van der Waals surface area contributed by atoms with Gasteiger partial charge in [-0.05, 0) is 36.4 Å². The molecule has 6 nitrogen and oxygen atoms in total. The number of hydrogen-bond acceptors (Lipinski definition) is 5. The third-order valence-corrected chi connectivity index (χ3v) is 4.20. The molecular formula is C21H13F2N5O. The number of rotatable bonds is 4. The van der Waals surface area contributed by atoms with Crippen LogP contribution in [0, 0.1) is 11.6 Å². The fourth-order valence-electron chi connectivity index (χ4n) is 2.82. The Kier molecular flexibility index (Phi) is 4.98. The predicted octanol–water partition coefficient (Wildman–Crippen LogP) is 4.13. The van der Waals surface area contributed by atoms with E-state index in [-0.39, 0.29) is 5.56 Å². The van der Waals surface area contributed by atoms with E-state index < -0.39 is 23.2 Å². The van der Waals surface area contributed by atoms with Gasteiger partial charge in [-0.15, -0.1) is 0 Å². The van der Waals surface area contributed by atoms with E-state index >= 15 is 0 Å². The first kappa shape index (κ1) is 18.3. The number of amides is 1. The van der Waals surface area contributed by atoms with E-state index in [0.29, 0.717) is 17.0 Å². The number of benzene rings is 2. The number of nitrogens with one attached hydrogen (secondary N) is 1. The molecule has 0 spiro atoms. The average Bonchev–Trinajstić information content (AvgIpc) is 2.77. The van der Waals surface area contributed by atoms with Crippen LogP contribution in [0.15, 0.2) is 73.6 Å². The van der Waals surface area contributed by atoms with E-state index in [9.17, 15) is 13.6 Å². The van der Waals surface area contributed by atoms with Gasteiger partial charge in [0.2, 0.25) is 0 Å². The van der Waals surface area contributed by atoms with Gasteiger partial charge < -0.3 is 5.32 Å². The Bertz CT molecular complexity index is 1150. The van der Waals surface area contributed by atoms with Crippen molar-refractivity contribution in [2.45, 2.75) is 0 Å². The van der Waals surface area contributed by atoms with Crippen LogP contribution in [0.5, 0.6) is 0 Å². The predicted molar refractivity (Wildman–Crippen MR) is 103 cm³/mol. The summed E-state index contributed by atoms with van der Waals surface area (Å²) in [5.41, 5.74) is 2.26. The minimum atomic E-state index is -0.855. The molecule has 1 amide bonds. The maximum Gasteiger partial charge on any atom is 0.255 e. The van der Waals surface area contributed by atoms with Gasteiger partial charge in [-0.1, -0.05) is 12.1 Å². The maximum absolute atomic E-state index is 13.9. The van der Waals surface area contributed by atoms with Gasteiger partial charge in [0, 0.05) is 29.1 Å². The Balaban J connectivity index is 1.77. The van der Waals surface area contributed by atoms with Gasteiger partial charge in [0.15, 0.2) is 0 Å². The summed E-state index contributed by atoms with van der Waals surface area (Å²) in [6.45, 7) is 0. The zero-order valence-corrected chi connectivity index (χ0v) is 14.9. The molecule has 8 heteroatoms. The van der Waals surface area contributed by atoms with Crippen molar-refractivity contribution in [1.82, 2.24) is 19.9 Å². The Morgan fingerprint density at radius 2 is 1.41 bits per heavy atom. The molecule has 0 fully saturated rings. The minimum absolute atomic E-state index is 0.207. The van der Waals surface area contributed by atoms with Gasteiger partial charge >= 0.3 is 0 Å². The monoisotopic (exact) mass is 389 g/mol. The molecular weight excluding hydrogens is 376 g/mol. The summed E-state index contributed by atoms with van der Waals surface area (Å²) in [7, 11) is 0. The first-order valence-corrected chi connectivity index (χ1v) is 8.55. The van der Waals surface area contributed by atoms with Crippen LogP contribution in [-0.2, 0) is 0 Å². The van der Waals surface area contributed by atoms with E-state index in [4.69, 9.17) is 0 Å². The van der Waals surface area contributed by atoms with Crippen molar-refractivity contribution in [2.24, 2.45) is 0 Å². The molecule has 0 bridgehead atoms. The van der Waals surface area contributed by atoms with Gasteiger partial charge in [0.25, 0.3) is 5.91 Å². The molecule has 142 valence electrons. The molecule has 0 aliphatic carbocycles. The zero-order chi connectivity index (χ0) is 20.2. The number of carbonyl (C=O) groups is 1. The molecule has 4 aromatic rings. The van der Waals surface area contributed by atoms with Gasteiger partial charge in [-0.2, -0.15) is 0 Å². The zero-order valence-electron chi connectivity index (χ0n) is 14.9. The van der Waals surface area contributed by atoms with Crippen molar-refractivity contribution in [1.29, 1.82) is 0 Å². The second kappa shape index (κ2) is 7.89. The van der Waals surface area contributed by atoms with Crippen molar-refractivity contribution in [3.8, 4) is 22.5 Å². The summed E-state index contributed by atoms with van der Waals surface area (Å²) in [5.74, 6) is -2.36. The second-order valence-electron chi connectivity index (χ2n) is 6.00. The van der Waals surface area contributed by atoms with E-state index in [1.807, 2.05) is 0 Å². The van der Waals surface area contributed by atoms with Gasteiger partial charge in [0.1, 0.15) is 30.0 Å². The number of para-hydroxylation sites is 1. The van der Waals surface area contributed by atoms with Crippen molar-refractivity contribution in [3.05, 3.63) is 90.8 Å². The van der Waals surface area contributed by atoms with Gasteiger partial charge in [-0.3, -0.25) is 4.79 Å². The summed E-state index contributed by atoms with van der Waals surface area (Å²) >= 11 is 0. The molecule has 1 N–H and O–H groups in total. The first-order valence-electron chi connectivity index (χ1n) is 8.55. The molecule has 29 heavy (non-hydrogen) atoms. The molecule has 4 rings (SSSR count). The standard InChI is InChI=1S/C21H13F2N5O/c22-16-2-1-3-17(23)20(16)28-21(29)13-4-5-14(18-6-8-24-11-26-18)15(10-13)19-7-9-25-12-27-19/h1-12H,(H,28,29). The SMILES string of the molecule is O=C(Nc1c(F)cccc1F)c1ccc(-c2ccncn2)c(-c2ccncn2)c1. The molecule has 0 unspecified atom stereocenters.